The van der Waals surface area contributed by atoms with Crippen LogP contribution in [0.4, 0.5) is 0 Å². The van der Waals surface area contributed by atoms with Gasteiger partial charge in [0.1, 0.15) is 0 Å². The maximum atomic E-state index is 12.3. The average molecular weight is 314 g/mol. The molecule has 1 aliphatic rings. The minimum absolute atomic E-state index is 0.159. The number of hydrogen-bond donors (Lipinski definition) is 2. The van der Waals surface area contributed by atoms with Gasteiger partial charge >= 0.3 is 0 Å². The molecule has 0 spiro atoms. The van der Waals surface area contributed by atoms with Crippen molar-refractivity contribution in [3.05, 3.63) is 42.2 Å². The van der Waals surface area contributed by atoms with E-state index < -0.39 is 5.60 Å². The Morgan fingerprint density at radius 2 is 1.87 bits per heavy atom. The molecule has 2 aromatic rings. The van der Waals surface area contributed by atoms with Crippen molar-refractivity contribution < 1.29 is 9.90 Å². The Bertz CT molecular complexity index is 629. The molecule has 1 aliphatic carbocycles. The number of carbonyl (C=O) groups excluding carboxylic acids is 1. The van der Waals surface area contributed by atoms with Crippen LogP contribution in [0, 0.1) is 0 Å². The third kappa shape index (κ3) is 3.96. The Kier molecular flexibility index (Phi) is 4.71. The molecule has 23 heavy (non-hydrogen) atoms. The van der Waals surface area contributed by atoms with Gasteiger partial charge in [0.05, 0.1) is 23.7 Å². The van der Waals surface area contributed by atoms with Crippen LogP contribution < -0.4 is 5.32 Å². The van der Waals surface area contributed by atoms with Gasteiger partial charge in [-0.05, 0) is 37.1 Å². The van der Waals surface area contributed by atoms with Gasteiger partial charge < -0.3 is 10.4 Å². The van der Waals surface area contributed by atoms with Gasteiger partial charge in [-0.25, -0.2) is 4.68 Å². The van der Waals surface area contributed by atoms with Crippen molar-refractivity contribution in [1.82, 2.24) is 20.3 Å². The van der Waals surface area contributed by atoms with E-state index in [1.165, 1.54) is 12.8 Å². The second-order valence-corrected chi connectivity index (χ2v) is 6.22. The zero-order chi connectivity index (χ0) is 16.1. The minimum Gasteiger partial charge on any atom is -0.388 e. The smallest absolute Gasteiger partial charge is 0.251 e. The number of rotatable bonds is 4. The van der Waals surface area contributed by atoms with Crippen LogP contribution in [0.3, 0.4) is 0 Å². The molecule has 0 unspecified atom stereocenters. The molecule has 0 atom stereocenters. The summed E-state index contributed by atoms with van der Waals surface area (Å²) >= 11 is 0. The molecule has 1 aromatic heterocycles. The first-order valence-electron chi connectivity index (χ1n) is 8.14. The van der Waals surface area contributed by atoms with Crippen LogP contribution in [0.25, 0.3) is 5.69 Å². The van der Waals surface area contributed by atoms with E-state index in [0.717, 1.165) is 31.4 Å². The van der Waals surface area contributed by atoms with Gasteiger partial charge in [0.25, 0.3) is 5.91 Å². The van der Waals surface area contributed by atoms with Crippen molar-refractivity contribution >= 4 is 5.91 Å². The molecule has 2 N–H and O–H groups in total. The summed E-state index contributed by atoms with van der Waals surface area (Å²) < 4.78 is 1.63. The lowest BCUT2D eigenvalue weighted by Gasteiger charge is -2.26. The fourth-order valence-corrected chi connectivity index (χ4v) is 3.02. The lowest BCUT2D eigenvalue weighted by Crippen LogP contribution is -2.42. The van der Waals surface area contributed by atoms with Crippen LogP contribution in [0.1, 0.15) is 48.9 Å². The number of benzene rings is 1. The number of aliphatic hydroxyl groups is 1. The van der Waals surface area contributed by atoms with Crippen molar-refractivity contribution in [2.45, 2.75) is 44.1 Å². The first kappa shape index (κ1) is 15.7. The van der Waals surface area contributed by atoms with Crippen LogP contribution >= 0.6 is 0 Å². The number of carbonyl (C=O) groups is 1. The summed E-state index contributed by atoms with van der Waals surface area (Å²) in [4.78, 5) is 12.3. The number of aromatic nitrogens is 3. The van der Waals surface area contributed by atoms with Gasteiger partial charge in [-0.15, -0.1) is 5.10 Å². The summed E-state index contributed by atoms with van der Waals surface area (Å²) in [7, 11) is 0. The van der Waals surface area contributed by atoms with Crippen LogP contribution in [0.15, 0.2) is 36.7 Å². The van der Waals surface area contributed by atoms with E-state index in [1.807, 2.05) is 12.1 Å². The molecule has 1 amide bonds. The molecule has 1 fully saturated rings. The molecule has 0 aliphatic heterocycles. The fourth-order valence-electron chi connectivity index (χ4n) is 3.02. The van der Waals surface area contributed by atoms with E-state index in [4.69, 9.17) is 0 Å². The van der Waals surface area contributed by atoms with Crippen LogP contribution in [0.2, 0.25) is 0 Å². The van der Waals surface area contributed by atoms with Gasteiger partial charge in [-0.2, -0.15) is 0 Å². The fraction of sp³-hybridized carbons (Fsp3) is 0.471. The zero-order valence-corrected chi connectivity index (χ0v) is 13.1. The molecule has 0 bridgehead atoms. The molecular weight excluding hydrogens is 292 g/mol. The Hall–Kier alpha value is -2.21. The molecule has 1 saturated carbocycles. The third-order valence-electron chi connectivity index (χ3n) is 4.43. The second kappa shape index (κ2) is 6.91. The van der Waals surface area contributed by atoms with E-state index in [2.05, 4.69) is 15.6 Å². The lowest BCUT2D eigenvalue weighted by atomic mass is 9.94. The monoisotopic (exact) mass is 314 g/mol. The highest BCUT2D eigenvalue weighted by molar-refractivity contribution is 5.94. The first-order chi connectivity index (χ1) is 11.2. The van der Waals surface area contributed by atoms with Crippen molar-refractivity contribution in [2.75, 3.05) is 6.54 Å². The summed E-state index contributed by atoms with van der Waals surface area (Å²) in [6, 6.07) is 7.15. The Balaban J connectivity index is 1.59. The van der Waals surface area contributed by atoms with E-state index in [-0.39, 0.29) is 5.91 Å². The summed E-state index contributed by atoms with van der Waals surface area (Å²) in [5.41, 5.74) is 0.667. The minimum atomic E-state index is -0.757. The highest BCUT2D eigenvalue weighted by Crippen LogP contribution is 2.26. The van der Waals surface area contributed by atoms with Crippen molar-refractivity contribution in [3.63, 3.8) is 0 Å². The van der Waals surface area contributed by atoms with Crippen molar-refractivity contribution in [3.8, 4) is 5.69 Å². The summed E-state index contributed by atoms with van der Waals surface area (Å²) in [5.74, 6) is -0.159. The number of hydrogen-bond acceptors (Lipinski definition) is 4. The van der Waals surface area contributed by atoms with Crippen LogP contribution in [-0.4, -0.2) is 38.2 Å². The van der Waals surface area contributed by atoms with Crippen LogP contribution in [-0.2, 0) is 0 Å². The largest absolute Gasteiger partial charge is 0.388 e. The molecule has 122 valence electrons. The van der Waals surface area contributed by atoms with Crippen LogP contribution in [0.5, 0.6) is 0 Å². The van der Waals surface area contributed by atoms with E-state index in [1.54, 1.807) is 29.2 Å². The van der Waals surface area contributed by atoms with Crippen molar-refractivity contribution in [2.24, 2.45) is 0 Å². The first-order valence-corrected chi connectivity index (χ1v) is 8.14. The van der Waals surface area contributed by atoms with Gasteiger partial charge in [0, 0.05) is 12.1 Å². The SMILES string of the molecule is O=C(NCC1(O)CCCCCC1)c1ccc(-n2ccnn2)cc1. The standard InChI is InChI=1S/C17H22N4O2/c22-16(18-13-17(23)9-3-1-2-4-10-17)14-5-7-15(8-6-14)21-12-11-19-20-21/h5-8,11-12,23H,1-4,9-10,13H2,(H,18,22). The molecule has 6 heteroatoms. The summed E-state index contributed by atoms with van der Waals surface area (Å²) in [6.07, 6.45) is 9.26. The molecule has 0 radical (unpaired) electrons. The highest BCUT2D eigenvalue weighted by Gasteiger charge is 2.28. The molecule has 1 aromatic carbocycles. The van der Waals surface area contributed by atoms with E-state index in [0.29, 0.717) is 12.1 Å². The molecule has 6 nitrogen and oxygen atoms in total. The molecule has 3 rings (SSSR count). The molecule has 1 heterocycles. The summed E-state index contributed by atoms with van der Waals surface area (Å²) in [5, 5.41) is 21.1. The maximum absolute atomic E-state index is 12.3. The quantitative estimate of drug-likeness (QED) is 0.847. The van der Waals surface area contributed by atoms with E-state index in [9.17, 15) is 9.90 Å². The predicted molar refractivity (Wildman–Crippen MR) is 86.3 cm³/mol. The number of amides is 1. The average Bonchev–Trinajstić information content (AvgIpc) is 3.02. The Morgan fingerprint density at radius 1 is 1.17 bits per heavy atom. The highest BCUT2D eigenvalue weighted by atomic mass is 16.3. The predicted octanol–water partition coefficient (Wildman–Crippen LogP) is 2.08. The third-order valence-corrected chi connectivity index (χ3v) is 4.43. The normalized spacial score (nSPS) is 17.4. The molecular formula is C17H22N4O2. The van der Waals surface area contributed by atoms with Gasteiger partial charge in [-0.3, -0.25) is 4.79 Å². The van der Waals surface area contributed by atoms with Gasteiger partial charge in [-0.1, -0.05) is 30.9 Å². The topological polar surface area (TPSA) is 80.0 Å². The van der Waals surface area contributed by atoms with E-state index >= 15 is 0 Å². The second-order valence-electron chi connectivity index (χ2n) is 6.22. The van der Waals surface area contributed by atoms with Crippen molar-refractivity contribution in [1.29, 1.82) is 0 Å². The Morgan fingerprint density at radius 3 is 2.48 bits per heavy atom. The maximum Gasteiger partial charge on any atom is 0.251 e. The lowest BCUT2D eigenvalue weighted by molar-refractivity contribution is 0.0246. The number of nitrogens with one attached hydrogen (secondary N) is 1. The zero-order valence-electron chi connectivity index (χ0n) is 13.1. The van der Waals surface area contributed by atoms with Gasteiger partial charge in [0.2, 0.25) is 0 Å². The summed E-state index contributed by atoms with van der Waals surface area (Å²) in [6.45, 7) is 0.316. The number of nitrogens with zero attached hydrogens (tertiary/aromatic N) is 3. The molecule has 0 saturated heterocycles. The Labute approximate surface area is 135 Å². The van der Waals surface area contributed by atoms with Gasteiger partial charge in [0.15, 0.2) is 0 Å².